The zero-order chi connectivity index (χ0) is 18.1. The van der Waals surface area contributed by atoms with Crippen molar-refractivity contribution in [2.75, 3.05) is 19.7 Å². The van der Waals surface area contributed by atoms with E-state index in [0.717, 1.165) is 48.7 Å². The Labute approximate surface area is 156 Å². The molecule has 0 aromatic carbocycles. The fourth-order valence-electron chi connectivity index (χ4n) is 3.43. The minimum atomic E-state index is 0.382. The van der Waals surface area contributed by atoms with E-state index >= 15 is 0 Å². The van der Waals surface area contributed by atoms with Gasteiger partial charge in [0, 0.05) is 24.6 Å². The van der Waals surface area contributed by atoms with Crippen molar-refractivity contribution in [3.8, 4) is 0 Å². The van der Waals surface area contributed by atoms with Crippen LogP contribution in [0.4, 0.5) is 0 Å². The first kappa shape index (κ1) is 20.2. The Morgan fingerprint density at radius 1 is 1.28 bits per heavy atom. The highest BCUT2D eigenvalue weighted by molar-refractivity contribution is 7.11. The van der Waals surface area contributed by atoms with Crippen LogP contribution >= 0.6 is 11.3 Å². The number of nitrogens with zero attached hydrogens (tertiary/aromatic N) is 2. The van der Waals surface area contributed by atoms with Gasteiger partial charge in [0.15, 0.2) is 5.96 Å². The maximum Gasteiger partial charge on any atom is 0.191 e. The molecule has 1 saturated carbocycles. The molecular formula is C19H34N4OS. The number of rotatable bonds is 9. The van der Waals surface area contributed by atoms with Crippen molar-refractivity contribution in [3.05, 3.63) is 15.6 Å². The molecule has 5 nitrogen and oxygen atoms in total. The molecule has 1 aliphatic rings. The predicted molar refractivity (Wildman–Crippen MR) is 106 cm³/mol. The van der Waals surface area contributed by atoms with Crippen LogP contribution in [0.25, 0.3) is 0 Å². The van der Waals surface area contributed by atoms with Crippen LogP contribution in [0.15, 0.2) is 4.99 Å². The predicted octanol–water partition coefficient (Wildman–Crippen LogP) is 3.80. The number of aliphatic imine (C=N–C) groups is 1. The standard InChI is InChI=1S/C19H34N4OS/c1-5-20-19(22-13-18-23-14(3)15(4)25-18)21-12-11-17(24-6-2)16-9-7-8-10-16/h16-17H,5-13H2,1-4H3,(H2,20,21,22). The molecule has 0 amide bonds. The Morgan fingerprint density at radius 3 is 2.64 bits per heavy atom. The summed E-state index contributed by atoms with van der Waals surface area (Å²) in [5, 5.41) is 7.86. The van der Waals surface area contributed by atoms with Gasteiger partial charge < -0.3 is 15.4 Å². The highest BCUT2D eigenvalue weighted by atomic mass is 32.1. The summed E-state index contributed by atoms with van der Waals surface area (Å²) >= 11 is 1.73. The summed E-state index contributed by atoms with van der Waals surface area (Å²) < 4.78 is 6.00. The van der Waals surface area contributed by atoms with Crippen molar-refractivity contribution >= 4 is 17.3 Å². The molecule has 0 saturated heterocycles. The van der Waals surface area contributed by atoms with Gasteiger partial charge in [-0.2, -0.15) is 0 Å². The Bertz CT molecular complexity index is 518. The first-order chi connectivity index (χ1) is 12.1. The topological polar surface area (TPSA) is 58.5 Å². The van der Waals surface area contributed by atoms with Gasteiger partial charge >= 0.3 is 0 Å². The quantitative estimate of drug-likeness (QED) is 0.515. The van der Waals surface area contributed by atoms with Gasteiger partial charge in [-0.1, -0.05) is 12.8 Å². The molecule has 1 heterocycles. The Hall–Kier alpha value is -1.14. The molecule has 25 heavy (non-hydrogen) atoms. The summed E-state index contributed by atoms with van der Waals surface area (Å²) in [7, 11) is 0. The number of nitrogens with one attached hydrogen (secondary N) is 2. The van der Waals surface area contributed by atoms with Crippen molar-refractivity contribution in [3.63, 3.8) is 0 Å². The molecular weight excluding hydrogens is 332 g/mol. The molecule has 0 aliphatic heterocycles. The molecule has 6 heteroatoms. The van der Waals surface area contributed by atoms with E-state index in [-0.39, 0.29) is 0 Å². The van der Waals surface area contributed by atoms with Crippen molar-refractivity contribution in [1.82, 2.24) is 15.6 Å². The van der Waals surface area contributed by atoms with Crippen LogP contribution in [0.3, 0.4) is 0 Å². The smallest absolute Gasteiger partial charge is 0.191 e. The van der Waals surface area contributed by atoms with Gasteiger partial charge in [-0.25, -0.2) is 9.98 Å². The molecule has 0 bridgehead atoms. The van der Waals surface area contributed by atoms with Gasteiger partial charge in [0.2, 0.25) is 0 Å². The Balaban J connectivity index is 1.83. The Kier molecular flexibility index (Phi) is 8.68. The first-order valence-corrected chi connectivity index (χ1v) is 10.5. The van der Waals surface area contributed by atoms with Gasteiger partial charge in [-0.05, 0) is 52.9 Å². The lowest BCUT2D eigenvalue weighted by atomic mass is 9.98. The van der Waals surface area contributed by atoms with Crippen molar-refractivity contribution < 1.29 is 4.74 Å². The Morgan fingerprint density at radius 2 is 2.04 bits per heavy atom. The summed E-state index contributed by atoms with van der Waals surface area (Å²) in [6.07, 6.45) is 6.78. The second kappa shape index (κ2) is 10.8. The van der Waals surface area contributed by atoms with Crippen LogP contribution in [0, 0.1) is 19.8 Å². The lowest BCUT2D eigenvalue weighted by Gasteiger charge is -2.24. The van der Waals surface area contributed by atoms with Gasteiger partial charge in [0.05, 0.1) is 18.3 Å². The number of aryl methyl sites for hydroxylation is 2. The molecule has 2 N–H and O–H groups in total. The summed E-state index contributed by atoms with van der Waals surface area (Å²) in [4.78, 5) is 10.5. The average molecular weight is 367 g/mol. The molecule has 1 aliphatic carbocycles. The minimum absolute atomic E-state index is 0.382. The van der Waals surface area contributed by atoms with E-state index in [9.17, 15) is 0 Å². The van der Waals surface area contributed by atoms with E-state index in [1.54, 1.807) is 11.3 Å². The molecule has 1 unspecified atom stereocenters. The lowest BCUT2D eigenvalue weighted by molar-refractivity contribution is 0.0169. The van der Waals surface area contributed by atoms with Crippen LogP contribution in [0.2, 0.25) is 0 Å². The largest absolute Gasteiger partial charge is 0.378 e. The van der Waals surface area contributed by atoms with E-state index in [1.165, 1.54) is 30.6 Å². The maximum atomic E-state index is 6.00. The van der Waals surface area contributed by atoms with Gasteiger partial charge in [0.1, 0.15) is 5.01 Å². The third-order valence-electron chi connectivity index (χ3n) is 4.82. The summed E-state index contributed by atoms with van der Waals surface area (Å²) in [5.41, 5.74) is 1.12. The second-order valence-electron chi connectivity index (χ2n) is 6.70. The third kappa shape index (κ3) is 6.59. The summed E-state index contributed by atoms with van der Waals surface area (Å²) in [5.74, 6) is 1.61. The van der Waals surface area contributed by atoms with E-state index in [1.807, 2.05) is 0 Å². The van der Waals surface area contributed by atoms with Crippen LogP contribution in [0.1, 0.15) is 61.5 Å². The van der Waals surface area contributed by atoms with Gasteiger partial charge in [-0.3, -0.25) is 0 Å². The van der Waals surface area contributed by atoms with E-state index in [4.69, 9.17) is 4.74 Å². The molecule has 0 radical (unpaired) electrons. The number of guanidine groups is 1. The fraction of sp³-hybridized carbons (Fsp3) is 0.789. The number of ether oxygens (including phenoxy) is 1. The summed E-state index contributed by atoms with van der Waals surface area (Å²) in [6, 6.07) is 0. The van der Waals surface area contributed by atoms with Crippen LogP contribution in [0.5, 0.6) is 0 Å². The molecule has 0 spiro atoms. The van der Waals surface area contributed by atoms with Gasteiger partial charge in [-0.15, -0.1) is 11.3 Å². The molecule has 1 atom stereocenters. The van der Waals surface area contributed by atoms with E-state index in [0.29, 0.717) is 12.6 Å². The zero-order valence-electron chi connectivity index (χ0n) is 16.2. The normalized spacial score (nSPS) is 17.0. The number of thiazole rings is 1. The number of hydrogen-bond donors (Lipinski definition) is 2. The van der Waals surface area contributed by atoms with Crippen LogP contribution in [-0.4, -0.2) is 36.7 Å². The van der Waals surface area contributed by atoms with E-state index in [2.05, 4.69) is 48.3 Å². The first-order valence-electron chi connectivity index (χ1n) is 9.70. The van der Waals surface area contributed by atoms with Crippen molar-refractivity contribution in [2.24, 2.45) is 10.9 Å². The maximum absolute atomic E-state index is 6.00. The van der Waals surface area contributed by atoms with Crippen LogP contribution < -0.4 is 10.6 Å². The molecule has 2 rings (SSSR count). The number of aromatic nitrogens is 1. The fourth-order valence-corrected chi connectivity index (χ4v) is 4.28. The highest BCUT2D eigenvalue weighted by Gasteiger charge is 2.25. The average Bonchev–Trinajstić information content (AvgIpc) is 3.22. The van der Waals surface area contributed by atoms with Crippen LogP contribution in [-0.2, 0) is 11.3 Å². The number of hydrogen-bond acceptors (Lipinski definition) is 4. The van der Waals surface area contributed by atoms with Gasteiger partial charge in [0.25, 0.3) is 0 Å². The molecule has 142 valence electrons. The summed E-state index contributed by atoms with van der Waals surface area (Å²) in [6.45, 7) is 11.5. The molecule has 1 fully saturated rings. The SMILES string of the molecule is CCNC(=NCc1nc(C)c(C)s1)NCCC(OCC)C1CCCC1. The second-order valence-corrected chi connectivity index (χ2v) is 7.99. The minimum Gasteiger partial charge on any atom is -0.378 e. The molecule has 1 aromatic heterocycles. The van der Waals surface area contributed by atoms with Crippen molar-refractivity contribution in [1.29, 1.82) is 0 Å². The molecule has 1 aromatic rings. The zero-order valence-corrected chi connectivity index (χ0v) is 17.0. The van der Waals surface area contributed by atoms with Crippen molar-refractivity contribution in [2.45, 2.75) is 72.4 Å². The lowest BCUT2D eigenvalue weighted by Crippen LogP contribution is -2.39. The van der Waals surface area contributed by atoms with E-state index < -0.39 is 0 Å². The third-order valence-corrected chi connectivity index (χ3v) is 5.87. The highest BCUT2D eigenvalue weighted by Crippen LogP contribution is 2.30. The monoisotopic (exact) mass is 366 g/mol.